The SMILES string of the molecule is COc1cc(S(N)(=O)=O)c(-c2ccc(N(C)C)cc2)c(OC)c1OC. The summed E-state index contributed by atoms with van der Waals surface area (Å²) in [7, 11) is 4.11. The van der Waals surface area contributed by atoms with Gasteiger partial charge in [0, 0.05) is 31.4 Å². The molecule has 8 heteroatoms. The average Bonchev–Trinajstić information content (AvgIpc) is 2.58. The fourth-order valence-electron chi connectivity index (χ4n) is 2.56. The first-order valence-electron chi connectivity index (χ1n) is 7.38. The van der Waals surface area contributed by atoms with Crippen LogP contribution in [0.4, 0.5) is 5.69 Å². The Morgan fingerprint density at radius 3 is 1.88 bits per heavy atom. The highest BCUT2D eigenvalue weighted by molar-refractivity contribution is 7.89. The number of anilines is 1. The number of primary sulfonamides is 1. The Labute approximate surface area is 148 Å². The molecule has 25 heavy (non-hydrogen) atoms. The summed E-state index contributed by atoms with van der Waals surface area (Å²) in [5, 5.41) is 5.42. The molecule has 2 aromatic carbocycles. The van der Waals surface area contributed by atoms with Crippen LogP contribution in [0.5, 0.6) is 17.2 Å². The van der Waals surface area contributed by atoms with E-state index in [0.717, 1.165) is 5.69 Å². The van der Waals surface area contributed by atoms with Crippen LogP contribution in [0.1, 0.15) is 0 Å². The van der Waals surface area contributed by atoms with Crippen molar-refractivity contribution in [2.24, 2.45) is 5.14 Å². The van der Waals surface area contributed by atoms with Gasteiger partial charge < -0.3 is 19.1 Å². The largest absolute Gasteiger partial charge is 0.493 e. The molecule has 136 valence electrons. The summed E-state index contributed by atoms with van der Waals surface area (Å²) >= 11 is 0. The van der Waals surface area contributed by atoms with Crippen molar-refractivity contribution in [3.63, 3.8) is 0 Å². The van der Waals surface area contributed by atoms with E-state index in [1.807, 2.05) is 31.1 Å². The second-order valence-corrected chi connectivity index (χ2v) is 7.03. The molecule has 0 bridgehead atoms. The van der Waals surface area contributed by atoms with Crippen LogP contribution < -0.4 is 24.2 Å². The molecule has 0 radical (unpaired) electrons. The van der Waals surface area contributed by atoms with E-state index >= 15 is 0 Å². The number of ether oxygens (including phenoxy) is 3. The van der Waals surface area contributed by atoms with E-state index in [9.17, 15) is 8.42 Å². The van der Waals surface area contributed by atoms with Crippen LogP contribution in [0.15, 0.2) is 35.2 Å². The fraction of sp³-hybridized carbons (Fsp3) is 0.294. The van der Waals surface area contributed by atoms with Gasteiger partial charge in [0.2, 0.25) is 15.8 Å². The lowest BCUT2D eigenvalue weighted by molar-refractivity contribution is 0.324. The molecule has 2 N–H and O–H groups in total. The molecular formula is C17H22N2O5S. The molecule has 0 aliphatic carbocycles. The first-order chi connectivity index (χ1) is 11.7. The number of nitrogens with two attached hydrogens (primary N) is 1. The van der Waals surface area contributed by atoms with E-state index in [-0.39, 0.29) is 16.4 Å². The fourth-order valence-corrected chi connectivity index (χ4v) is 3.32. The van der Waals surface area contributed by atoms with Crippen molar-refractivity contribution in [2.45, 2.75) is 4.90 Å². The van der Waals surface area contributed by atoms with Gasteiger partial charge >= 0.3 is 0 Å². The lowest BCUT2D eigenvalue weighted by Gasteiger charge is -2.19. The Kier molecular flexibility index (Phi) is 5.44. The molecule has 0 heterocycles. The molecule has 2 rings (SSSR count). The van der Waals surface area contributed by atoms with Crippen molar-refractivity contribution in [3.8, 4) is 28.4 Å². The van der Waals surface area contributed by atoms with Crippen molar-refractivity contribution in [2.75, 3.05) is 40.3 Å². The Hall–Kier alpha value is -2.45. The quantitative estimate of drug-likeness (QED) is 0.842. The van der Waals surface area contributed by atoms with Crippen LogP contribution in [0.25, 0.3) is 11.1 Å². The summed E-state index contributed by atoms with van der Waals surface area (Å²) in [5.41, 5.74) is 1.93. The lowest BCUT2D eigenvalue weighted by Crippen LogP contribution is -2.15. The first kappa shape index (κ1) is 18.9. The van der Waals surface area contributed by atoms with Gasteiger partial charge in [-0.25, -0.2) is 13.6 Å². The van der Waals surface area contributed by atoms with Gasteiger partial charge in [-0.1, -0.05) is 12.1 Å². The molecule has 0 amide bonds. The molecule has 0 saturated carbocycles. The predicted octanol–water partition coefficient (Wildman–Crippen LogP) is 2.09. The number of nitrogens with zero attached hydrogens (tertiary/aromatic N) is 1. The van der Waals surface area contributed by atoms with Crippen molar-refractivity contribution in [1.29, 1.82) is 0 Å². The molecule has 0 aromatic heterocycles. The van der Waals surface area contributed by atoms with Gasteiger partial charge in [0.1, 0.15) is 0 Å². The zero-order valence-corrected chi connectivity index (χ0v) is 15.7. The van der Waals surface area contributed by atoms with E-state index in [1.54, 1.807) is 12.1 Å². The first-order valence-corrected chi connectivity index (χ1v) is 8.92. The van der Waals surface area contributed by atoms with Gasteiger partial charge in [-0.15, -0.1) is 0 Å². The Morgan fingerprint density at radius 2 is 1.48 bits per heavy atom. The molecule has 0 atom stereocenters. The number of rotatable bonds is 6. The molecule has 0 aliphatic heterocycles. The van der Waals surface area contributed by atoms with E-state index in [2.05, 4.69) is 0 Å². The van der Waals surface area contributed by atoms with Crippen molar-refractivity contribution >= 4 is 15.7 Å². The third-order valence-electron chi connectivity index (χ3n) is 3.77. The van der Waals surface area contributed by atoms with Gasteiger partial charge in [0.15, 0.2) is 11.5 Å². The monoisotopic (exact) mass is 366 g/mol. The van der Waals surface area contributed by atoms with Gasteiger partial charge in [0.25, 0.3) is 0 Å². The molecule has 0 fully saturated rings. The van der Waals surface area contributed by atoms with Crippen LogP contribution >= 0.6 is 0 Å². The van der Waals surface area contributed by atoms with E-state index in [0.29, 0.717) is 16.9 Å². The van der Waals surface area contributed by atoms with Gasteiger partial charge in [-0.05, 0) is 17.7 Å². The topological polar surface area (TPSA) is 91.1 Å². The number of hydrogen-bond donors (Lipinski definition) is 1. The van der Waals surface area contributed by atoms with Crippen LogP contribution in [-0.2, 0) is 10.0 Å². The second-order valence-electron chi connectivity index (χ2n) is 5.50. The summed E-state index contributed by atoms with van der Waals surface area (Å²) in [6, 6.07) is 8.68. The predicted molar refractivity (Wildman–Crippen MR) is 97.2 cm³/mol. The zero-order valence-electron chi connectivity index (χ0n) is 14.9. The smallest absolute Gasteiger partial charge is 0.238 e. The minimum absolute atomic E-state index is 0.0976. The van der Waals surface area contributed by atoms with Crippen LogP contribution in [0, 0.1) is 0 Å². The Bertz CT molecular complexity index is 862. The lowest BCUT2D eigenvalue weighted by atomic mass is 10.0. The normalized spacial score (nSPS) is 11.1. The zero-order chi connectivity index (χ0) is 18.8. The summed E-state index contributed by atoms with van der Waals surface area (Å²) in [4.78, 5) is 1.84. The van der Waals surface area contributed by atoms with Gasteiger partial charge in [0.05, 0.1) is 26.2 Å². The van der Waals surface area contributed by atoms with E-state index < -0.39 is 10.0 Å². The van der Waals surface area contributed by atoms with Crippen molar-refractivity contribution in [1.82, 2.24) is 0 Å². The number of benzene rings is 2. The molecule has 0 spiro atoms. The summed E-state index contributed by atoms with van der Waals surface area (Å²) in [5.74, 6) is 0.754. The Morgan fingerprint density at radius 1 is 0.920 bits per heavy atom. The molecule has 0 saturated heterocycles. The molecule has 0 aliphatic rings. The number of hydrogen-bond acceptors (Lipinski definition) is 6. The highest BCUT2D eigenvalue weighted by Gasteiger charge is 2.27. The summed E-state index contributed by atoms with van der Waals surface area (Å²) in [6.07, 6.45) is 0. The van der Waals surface area contributed by atoms with Crippen LogP contribution in [-0.4, -0.2) is 43.8 Å². The third-order valence-corrected chi connectivity index (χ3v) is 4.71. The maximum atomic E-state index is 12.2. The van der Waals surface area contributed by atoms with Crippen LogP contribution in [0.3, 0.4) is 0 Å². The number of methoxy groups -OCH3 is 3. The highest BCUT2D eigenvalue weighted by Crippen LogP contribution is 2.48. The summed E-state index contributed by atoms with van der Waals surface area (Å²) in [6.45, 7) is 0. The molecular weight excluding hydrogens is 344 g/mol. The average molecular weight is 366 g/mol. The van der Waals surface area contributed by atoms with Crippen molar-refractivity contribution < 1.29 is 22.6 Å². The maximum Gasteiger partial charge on any atom is 0.238 e. The van der Waals surface area contributed by atoms with Crippen LogP contribution in [0.2, 0.25) is 0 Å². The standard InChI is InChI=1S/C17H22N2O5S/c1-19(2)12-8-6-11(7-9-12)15-14(25(18,20)21)10-13(22-3)16(23-4)17(15)24-5/h6-10H,1-5H3,(H2,18,20,21). The van der Waals surface area contributed by atoms with Crippen molar-refractivity contribution in [3.05, 3.63) is 30.3 Å². The second kappa shape index (κ2) is 7.20. The molecule has 7 nitrogen and oxygen atoms in total. The highest BCUT2D eigenvalue weighted by atomic mass is 32.2. The maximum absolute atomic E-state index is 12.2. The summed E-state index contributed by atoms with van der Waals surface area (Å²) < 4.78 is 40.3. The minimum Gasteiger partial charge on any atom is -0.493 e. The molecule has 0 unspecified atom stereocenters. The number of sulfonamides is 1. The third kappa shape index (κ3) is 3.64. The minimum atomic E-state index is -4.02. The molecule has 2 aromatic rings. The van der Waals surface area contributed by atoms with E-state index in [4.69, 9.17) is 19.3 Å². The van der Waals surface area contributed by atoms with E-state index in [1.165, 1.54) is 27.4 Å². The Balaban J connectivity index is 2.86. The van der Waals surface area contributed by atoms with Gasteiger partial charge in [-0.3, -0.25) is 0 Å². The van der Waals surface area contributed by atoms with Gasteiger partial charge in [-0.2, -0.15) is 0 Å².